The first-order valence-corrected chi connectivity index (χ1v) is 8.62. The van der Waals surface area contributed by atoms with Crippen LogP contribution >= 0.6 is 0 Å². The van der Waals surface area contributed by atoms with Crippen LogP contribution < -0.4 is 0 Å². The van der Waals surface area contributed by atoms with E-state index in [-0.39, 0.29) is 12.6 Å². The summed E-state index contributed by atoms with van der Waals surface area (Å²) in [6.07, 6.45) is 4.63. The minimum absolute atomic E-state index is 0.0894. The molecule has 0 aliphatic carbocycles. The molecule has 23 heavy (non-hydrogen) atoms. The summed E-state index contributed by atoms with van der Waals surface area (Å²) >= 11 is 0. The molecule has 5 nitrogen and oxygen atoms in total. The molecule has 1 N–H and O–H groups in total. The first kappa shape index (κ1) is 24.3. The van der Waals surface area contributed by atoms with Crippen LogP contribution in [0.5, 0.6) is 0 Å². The van der Waals surface area contributed by atoms with Crippen molar-refractivity contribution in [1.82, 2.24) is 0 Å². The van der Waals surface area contributed by atoms with Crippen LogP contribution in [0.4, 0.5) is 0 Å². The number of ether oxygens (including phenoxy) is 3. The number of hydrogen-bond acceptors (Lipinski definition) is 5. The van der Waals surface area contributed by atoms with E-state index in [2.05, 4.69) is 20.4 Å². The fraction of sp³-hybridized carbons (Fsp3) is 0.833. The molecule has 0 heterocycles. The highest BCUT2D eigenvalue weighted by atomic mass is 16.5. The van der Waals surface area contributed by atoms with Gasteiger partial charge >= 0.3 is 5.97 Å². The number of carbonyl (C=O) groups excluding carboxylic acids is 1. The summed E-state index contributed by atoms with van der Waals surface area (Å²) in [5, 5.41) is 8.26. The zero-order valence-corrected chi connectivity index (χ0v) is 15.4. The number of unbranched alkanes of at least 4 members (excludes halogenated alkanes) is 1. The van der Waals surface area contributed by atoms with Crippen LogP contribution in [0.15, 0.2) is 12.2 Å². The van der Waals surface area contributed by atoms with E-state index in [0.717, 1.165) is 19.4 Å². The van der Waals surface area contributed by atoms with E-state index in [1.54, 1.807) is 6.92 Å². The van der Waals surface area contributed by atoms with Crippen LogP contribution in [0.3, 0.4) is 0 Å². The van der Waals surface area contributed by atoms with Gasteiger partial charge < -0.3 is 19.3 Å². The second kappa shape index (κ2) is 19.1. The molecule has 0 amide bonds. The Bertz CT molecular complexity index is 273. The molecule has 0 fully saturated rings. The lowest BCUT2D eigenvalue weighted by Crippen LogP contribution is -2.14. The van der Waals surface area contributed by atoms with E-state index in [9.17, 15) is 4.79 Å². The summed E-state index contributed by atoms with van der Waals surface area (Å²) in [6.45, 7) is 14.4. The van der Waals surface area contributed by atoms with Gasteiger partial charge in [-0.3, -0.25) is 0 Å². The fourth-order valence-corrected chi connectivity index (χ4v) is 1.64. The Kier molecular flexibility index (Phi) is 20.3. The number of rotatable bonds is 13. The maximum atomic E-state index is 11.1. The molecule has 0 rings (SSSR count). The molecule has 1 unspecified atom stereocenters. The molecule has 5 heteroatoms. The maximum absolute atomic E-state index is 11.1. The summed E-state index contributed by atoms with van der Waals surface area (Å²) in [4.78, 5) is 11.1. The van der Waals surface area contributed by atoms with Gasteiger partial charge in [0.1, 0.15) is 0 Å². The van der Waals surface area contributed by atoms with E-state index in [1.807, 2.05) is 6.92 Å². The van der Waals surface area contributed by atoms with Gasteiger partial charge in [-0.1, -0.05) is 39.7 Å². The molecule has 0 aromatic rings. The Morgan fingerprint density at radius 2 is 1.78 bits per heavy atom. The van der Waals surface area contributed by atoms with Gasteiger partial charge in [0.2, 0.25) is 0 Å². The summed E-state index contributed by atoms with van der Waals surface area (Å²) < 4.78 is 15.0. The lowest BCUT2D eigenvalue weighted by molar-refractivity contribution is -0.140. The quantitative estimate of drug-likeness (QED) is 0.318. The topological polar surface area (TPSA) is 65.0 Å². The van der Waals surface area contributed by atoms with Gasteiger partial charge in [-0.05, 0) is 26.2 Å². The van der Waals surface area contributed by atoms with Crippen molar-refractivity contribution in [2.45, 2.75) is 53.4 Å². The Hall–Kier alpha value is -0.910. The number of esters is 1. The number of carbonyl (C=O) groups is 1. The third-order valence-corrected chi connectivity index (χ3v) is 3.15. The smallest absolute Gasteiger partial charge is 0.333 e. The first-order valence-electron chi connectivity index (χ1n) is 8.62. The SMILES string of the molecule is C=C(C)C(=O)OCC(CC)CCCC.CCOCCOCCO. The number of aliphatic hydroxyl groups excluding tert-OH is 1. The van der Waals surface area contributed by atoms with E-state index in [0.29, 0.717) is 37.9 Å². The predicted octanol–water partition coefficient (Wildman–Crippen LogP) is 3.35. The zero-order chi connectivity index (χ0) is 17.9. The third-order valence-electron chi connectivity index (χ3n) is 3.15. The molecule has 0 saturated carbocycles. The Morgan fingerprint density at radius 1 is 1.13 bits per heavy atom. The summed E-state index contributed by atoms with van der Waals surface area (Å²) in [7, 11) is 0. The Labute approximate surface area is 142 Å². The number of hydrogen-bond donors (Lipinski definition) is 1. The van der Waals surface area contributed by atoms with Crippen LogP contribution in [0.25, 0.3) is 0 Å². The molecule has 0 aromatic carbocycles. The standard InChI is InChI=1S/C12H22O2.C6H14O3/c1-5-7-8-11(6-2)9-14-12(13)10(3)4;1-2-8-5-6-9-4-3-7/h11H,3,5-9H2,1-2,4H3;7H,2-6H2,1H3. The monoisotopic (exact) mass is 332 g/mol. The van der Waals surface area contributed by atoms with E-state index in [4.69, 9.17) is 19.3 Å². The average Bonchev–Trinajstić information content (AvgIpc) is 2.55. The van der Waals surface area contributed by atoms with Crippen molar-refractivity contribution in [2.75, 3.05) is 39.6 Å². The van der Waals surface area contributed by atoms with Gasteiger partial charge in [0.25, 0.3) is 0 Å². The minimum atomic E-state index is -0.264. The van der Waals surface area contributed by atoms with Crippen molar-refractivity contribution in [2.24, 2.45) is 5.92 Å². The van der Waals surface area contributed by atoms with Crippen molar-refractivity contribution >= 4 is 5.97 Å². The number of aliphatic hydroxyl groups is 1. The van der Waals surface area contributed by atoms with Crippen LogP contribution in [0.1, 0.15) is 53.4 Å². The van der Waals surface area contributed by atoms with E-state index >= 15 is 0 Å². The molecule has 0 aliphatic rings. The first-order chi connectivity index (χ1) is 11.0. The fourth-order valence-electron chi connectivity index (χ4n) is 1.64. The normalized spacial score (nSPS) is 11.3. The maximum Gasteiger partial charge on any atom is 0.333 e. The summed E-state index contributed by atoms with van der Waals surface area (Å²) in [5.41, 5.74) is 0.482. The molecular formula is C18H36O5. The average molecular weight is 332 g/mol. The molecule has 0 aliphatic heterocycles. The molecule has 0 saturated heterocycles. The van der Waals surface area contributed by atoms with E-state index in [1.165, 1.54) is 12.8 Å². The van der Waals surface area contributed by atoms with Gasteiger partial charge in [0, 0.05) is 12.2 Å². The van der Waals surface area contributed by atoms with E-state index < -0.39 is 0 Å². The summed E-state index contributed by atoms with van der Waals surface area (Å²) in [6, 6.07) is 0. The predicted molar refractivity (Wildman–Crippen MR) is 93.5 cm³/mol. The highest BCUT2D eigenvalue weighted by Crippen LogP contribution is 2.13. The largest absolute Gasteiger partial charge is 0.462 e. The highest BCUT2D eigenvalue weighted by Gasteiger charge is 2.09. The van der Waals surface area contributed by atoms with Crippen molar-refractivity contribution < 1.29 is 24.1 Å². The lowest BCUT2D eigenvalue weighted by atomic mass is 10.0. The third kappa shape index (κ3) is 19.0. The molecular weight excluding hydrogens is 296 g/mol. The Morgan fingerprint density at radius 3 is 2.26 bits per heavy atom. The highest BCUT2D eigenvalue weighted by molar-refractivity contribution is 5.86. The second-order valence-electron chi connectivity index (χ2n) is 5.33. The van der Waals surface area contributed by atoms with Gasteiger partial charge in [0.05, 0.1) is 33.0 Å². The van der Waals surface area contributed by atoms with Crippen molar-refractivity contribution in [3.05, 3.63) is 12.2 Å². The summed E-state index contributed by atoms with van der Waals surface area (Å²) in [5.74, 6) is 0.248. The minimum Gasteiger partial charge on any atom is -0.462 e. The molecule has 1 atom stereocenters. The van der Waals surface area contributed by atoms with Crippen LogP contribution in [-0.4, -0.2) is 50.7 Å². The second-order valence-corrected chi connectivity index (χ2v) is 5.33. The molecule has 0 bridgehead atoms. The molecule has 0 radical (unpaired) electrons. The molecule has 138 valence electrons. The van der Waals surface area contributed by atoms with Crippen molar-refractivity contribution in [3.63, 3.8) is 0 Å². The Balaban J connectivity index is 0. The van der Waals surface area contributed by atoms with Crippen LogP contribution in [0, 0.1) is 5.92 Å². The van der Waals surface area contributed by atoms with Crippen molar-refractivity contribution in [3.8, 4) is 0 Å². The van der Waals surface area contributed by atoms with Crippen LogP contribution in [0.2, 0.25) is 0 Å². The molecule has 0 spiro atoms. The van der Waals surface area contributed by atoms with Gasteiger partial charge in [-0.25, -0.2) is 4.79 Å². The molecule has 0 aromatic heterocycles. The zero-order valence-electron chi connectivity index (χ0n) is 15.4. The van der Waals surface area contributed by atoms with Crippen molar-refractivity contribution in [1.29, 1.82) is 0 Å². The van der Waals surface area contributed by atoms with Crippen LogP contribution in [-0.2, 0) is 19.0 Å². The lowest BCUT2D eigenvalue weighted by Gasteiger charge is -2.14. The van der Waals surface area contributed by atoms with Gasteiger partial charge in [-0.15, -0.1) is 0 Å². The van der Waals surface area contributed by atoms with Gasteiger partial charge in [-0.2, -0.15) is 0 Å². The van der Waals surface area contributed by atoms with Gasteiger partial charge in [0.15, 0.2) is 0 Å².